The zero-order valence-electron chi connectivity index (χ0n) is 15.8. The van der Waals surface area contributed by atoms with Crippen molar-refractivity contribution in [1.82, 2.24) is 30.1 Å². The van der Waals surface area contributed by atoms with Crippen molar-refractivity contribution in [3.8, 4) is 0 Å². The summed E-state index contributed by atoms with van der Waals surface area (Å²) in [4.78, 5) is 30.8. The molecule has 2 fully saturated rings. The Balaban J connectivity index is 0.00000225. The van der Waals surface area contributed by atoms with E-state index in [2.05, 4.69) is 15.6 Å². The predicted octanol–water partition coefficient (Wildman–Crippen LogP) is 1.59. The van der Waals surface area contributed by atoms with Gasteiger partial charge in [0.05, 0.1) is 17.1 Å². The fourth-order valence-electron chi connectivity index (χ4n) is 3.60. The molecule has 0 spiro atoms. The van der Waals surface area contributed by atoms with Crippen molar-refractivity contribution in [2.75, 3.05) is 39.3 Å². The van der Waals surface area contributed by atoms with Crippen LogP contribution in [0.1, 0.15) is 43.9 Å². The molecule has 0 radical (unpaired) electrons. The summed E-state index contributed by atoms with van der Waals surface area (Å²) in [6, 6.07) is 4.14. The monoisotopic (exact) mass is 424 g/mol. The van der Waals surface area contributed by atoms with Gasteiger partial charge in [0.2, 0.25) is 0 Å². The van der Waals surface area contributed by atoms with Gasteiger partial charge in [0.1, 0.15) is 0 Å². The van der Waals surface area contributed by atoms with Gasteiger partial charge in [-0.1, -0.05) is 5.21 Å². The maximum atomic E-state index is 12.7. The smallest absolute Gasteiger partial charge is 0.276 e. The third kappa shape index (κ3) is 4.37. The van der Waals surface area contributed by atoms with Crippen LogP contribution in [0, 0.1) is 6.92 Å². The molecule has 2 amide bonds. The molecule has 152 valence electrons. The van der Waals surface area contributed by atoms with E-state index in [0.29, 0.717) is 37.9 Å². The minimum absolute atomic E-state index is 0. The molecule has 0 atom stereocenters. The number of piperidine rings is 1. The van der Waals surface area contributed by atoms with E-state index in [1.807, 2.05) is 28.6 Å². The number of halogens is 1. The summed E-state index contributed by atoms with van der Waals surface area (Å²) in [7, 11) is 0. The number of piperazine rings is 1. The molecule has 0 unspecified atom stereocenters. The van der Waals surface area contributed by atoms with Gasteiger partial charge in [-0.05, 0) is 45.0 Å². The second-order valence-electron chi connectivity index (χ2n) is 7.06. The summed E-state index contributed by atoms with van der Waals surface area (Å²) < 4.78 is 1.83. The van der Waals surface area contributed by atoms with Gasteiger partial charge in [-0.15, -0.1) is 28.8 Å². The average Bonchev–Trinajstić information content (AvgIpc) is 3.37. The van der Waals surface area contributed by atoms with Crippen LogP contribution in [0.2, 0.25) is 0 Å². The molecule has 0 aliphatic carbocycles. The fourth-order valence-corrected chi connectivity index (χ4v) is 4.44. The number of aromatic nitrogens is 3. The molecule has 2 saturated heterocycles. The Morgan fingerprint density at radius 2 is 1.71 bits per heavy atom. The first kappa shape index (κ1) is 20.8. The second-order valence-corrected chi connectivity index (χ2v) is 8.35. The van der Waals surface area contributed by atoms with E-state index in [1.54, 1.807) is 11.1 Å². The van der Waals surface area contributed by atoms with Crippen molar-refractivity contribution < 1.29 is 9.59 Å². The van der Waals surface area contributed by atoms with Gasteiger partial charge in [-0.2, -0.15) is 0 Å². The van der Waals surface area contributed by atoms with Crippen molar-refractivity contribution in [3.63, 3.8) is 0 Å². The molecule has 2 aliphatic rings. The molecular formula is C18H25ClN6O2S. The molecule has 10 heteroatoms. The van der Waals surface area contributed by atoms with E-state index < -0.39 is 0 Å². The van der Waals surface area contributed by atoms with Crippen molar-refractivity contribution >= 4 is 35.6 Å². The Morgan fingerprint density at radius 3 is 2.32 bits per heavy atom. The van der Waals surface area contributed by atoms with Gasteiger partial charge < -0.3 is 15.1 Å². The van der Waals surface area contributed by atoms with E-state index >= 15 is 0 Å². The fraction of sp³-hybridized carbons (Fsp3) is 0.556. The minimum Gasteiger partial charge on any atom is -0.334 e. The number of amides is 2. The van der Waals surface area contributed by atoms with Crippen LogP contribution in [0.25, 0.3) is 0 Å². The van der Waals surface area contributed by atoms with Crippen LogP contribution in [0.15, 0.2) is 18.3 Å². The SMILES string of the molecule is Cc1ccc(C(=O)N2CCN(C(=O)c3cn(C4CCNCC4)nn3)CC2)s1.Cl. The largest absolute Gasteiger partial charge is 0.334 e. The number of hydrogen-bond acceptors (Lipinski definition) is 6. The lowest BCUT2D eigenvalue weighted by atomic mass is 10.1. The Morgan fingerprint density at radius 1 is 1.07 bits per heavy atom. The highest BCUT2D eigenvalue weighted by Gasteiger charge is 2.28. The summed E-state index contributed by atoms with van der Waals surface area (Å²) in [5.74, 6) is -0.0497. The van der Waals surface area contributed by atoms with Gasteiger partial charge in [-0.3, -0.25) is 9.59 Å². The van der Waals surface area contributed by atoms with Crippen LogP contribution in [0.5, 0.6) is 0 Å². The lowest BCUT2D eigenvalue weighted by molar-refractivity contribution is 0.0535. The topological polar surface area (TPSA) is 83.4 Å². The third-order valence-electron chi connectivity index (χ3n) is 5.22. The third-order valence-corrected chi connectivity index (χ3v) is 6.21. The highest BCUT2D eigenvalue weighted by molar-refractivity contribution is 7.13. The molecular weight excluding hydrogens is 400 g/mol. The highest BCUT2D eigenvalue weighted by Crippen LogP contribution is 2.20. The van der Waals surface area contributed by atoms with Gasteiger partial charge in [0.25, 0.3) is 11.8 Å². The first-order valence-electron chi connectivity index (χ1n) is 9.39. The standard InChI is InChI=1S/C18H24N6O2S.ClH/c1-13-2-3-16(27-13)18(26)23-10-8-22(9-11-23)17(25)15-12-24(21-20-15)14-4-6-19-7-5-14;/h2-3,12,14,19H,4-11H2,1H3;1H. The van der Waals surface area contributed by atoms with Crippen molar-refractivity contribution in [1.29, 1.82) is 0 Å². The quantitative estimate of drug-likeness (QED) is 0.809. The van der Waals surface area contributed by atoms with Crippen LogP contribution in [0.4, 0.5) is 0 Å². The zero-order chi connectivity index (χ0) is 18.8. The van der Waals surface area contributed by atoms with Gasteiger partial charge >= 0.3 is 0 Å². The highest BCUT2D eigenvalue weighted by atomic mass is 35.5. The molecule has 0 saturated carbocycles. The molecule has 1 N–H and O–H groups in total. The Bertz CT molecular complexity index is 824. The lowest BCUT2D eigenvalue weighted by Crippen LogP contribution is -2.50. The van der Waals surface area contributed by atoms with E-state index in [1.165, 1.54) is 11.3 Å². The molecule has 0 bridgehead atoms. The van der Waals surface area contributed by atoms with E-state index in [0.717, 1.165) is 35.7 Å². The van der Waals surface area contributed by atoms with Crippen molar-refractivity contribution in [2.24, 2.45) is 0 Å². The number of rotatable bonds is 3. The Labute approximate surface area is 174 Å². The minimum atomic E-state index is -0.103. The normalized spacial score (nSPS) is 18.0. The molecule has 8 nitrogen and oxygen atoms in total. The molecule has 2 aromatic heterocycles. The predicted molar refractivity (Wildman–Crippen MR) is 109 cm³/mol. The summed E-state index contributed by atoms with van der Waals surface area (Å²) in [5, 5.41) is 11.6. The maximum Gasteiger partial charge on any atom is 0.276 e. The number of thiophene rings is 1. The van der Waals surface area contributed by atoms with E-state index in [9.17, 15) is 9.59 Å². The van der Waals surface area contributed by atoms with Crippen LogP contribution in [-0.4, -0.2) is 75.9 Å². The average molecular weight is 425 g/mol. The van der Waals surface area contributed by atoms with E-state index in [-0.39, 0.29) is 24.2 Å². The molecule has 2 aliphatic heterocycles. The first-order valence-corrected chi connectivity index (χ1v) is 10.2. The molecule has 28 heavy (non-hydrogen) atoms. The van der Waals surface area contributed by atoms with Gasteiger partial charge in [0, 0.05) is 31.1 Å². The Kier molecular flexibility index (Phi) is 6.69. The number of hydrogen-bond donors (Lipinski definition) is 1. The van der Waals surface area contributed by atoms with Crippen molar-refractivity contribution in [3.05, 3.63) is 33.8 Å². The first-order chi connectivity index (χ1) is 13.1. The number of carbonyl (C=O) groups is 2. The van der Waals surface area contributed by atoms with Gasteiger partial charge in [0.15, 0.2) is 5.69 Å². The summed E-state index contributed by atoms with van der Waals surface area (Å²) >= 11 is 1.51. The summed E-state index contributed by atoms with van der Waals surface area (Å²) in [6.45, 7) is 6.06. The van der Waals surface area contributed by atoms with E-state index in [4.69, 9.17) is 0 Å². The molecule has 0 aromatic carbocycles. The van der Waals surface area contributed by atoms with Crippen molar-refractivity contribution in [2.45, 2.75) is 25.8 Å². The summed E-state index contributed by atoms with van der Waals surface area (Å²) in [6.07, 6.45) is 3.77. The van der Waals surface area contributed by atoms with Crippen LogP contribution >= 0.6 is 23.7 Å². The number of nitrogens with one attached hydrogen (secondary N) is 1. The molecule has 4 rings (SSSR count). The van der Waals surface area contributed by atoms with Crippen LogP contribution < -0.4 is 5.32 Å². The second kappa shape index (κ2) is 9.02. The van der Waals surface area contributed by atoms with Crippen LogP contribution in [-0.2, 0) is 0 Å². The van der Waals surface area contributed by atoms with Crippen LogP contribution in [0.3, 0.4) is 0 Å². The molecule has 2 aromatic rings. The zero-order valence-corrected chi connectivity index (χ0v) is 17.5. The number of aryl methyl sites for hydroxylation is 1. The lowest BCUT2D eigenvalue weighted by Gasteiger charge is -2.34. The Hall–Kier alpha value is -1.97. The van der Waals surface area contributed by atoms with Gasteiger partial charge in [-0.25, -0.2) is 4.68 Å². The summed E-state index contributed by atoms with van der Waals surface area (Å²) in [5.41, 5.74) is 0.391. The molecule has 4 heterocycles. The maximum absolute atomic E-state index is 12.7. The number of carbonyl (C=O) groups excluding carboxylic acids is 2. The number of nitrogens with zero attached hydrogens (tertiary/aromatic N) is 5.